The number of hydrogen-bond acceptors (Lipinski definition) is 3. The third-order valence-corrected chi connectivity index (χ3v) is 4.06. The van der Waals surface area contributed by atoms with Gasteiger partial charge in [-0.15, -0.1) is 0 Å². The second-order valence-corrected chi connectivity index (χ2v) is 5.92. The van der Waals surface area contributed by atoms with Crippen LogP contribution in [0.25, 0.3) is 0 Å². The third kappa shape index (κ3) is 4.59. The summed E-state index contributed by atoms with van der Waals surface area (Å²) in [7, 11) is 1.48. The number of methoxy groups -OCH3 is 1. The smallest absolute Gasteiger partial charge is 0.390 e. The number of alkyl halides is 3. The lowest BCUT2D eigenvalue weighted by atomic mass is 9.99. The normalized spacial score (nSPS) is 18.5. The van der Waals surface area contributed by atoms with E-state index in [1.807, 2.05) is 4.90 Å². The molecule has 1 aliphatic rings. The Morgan fingerprint density at radius 1 is 1.33 bits per heavy atom. The van der Waals surface area contributed by atoms with E-state index in [2.05, 4.69) is 21.2 Å². The molecule has 0 aromatic heterocycles. The first-order chi connectivity index (χ1) is 9.90. The van der Waals surface area contributed by atoms with E-state index in [1.54, 1.807) is 18.2 Å². The molecule has 1 heterocycles. The summed E-state index contributed by atoms with van der Waals surface area (Å²) in [5, 5.41) is 3.16. The standard InChI is InChI=1S/C14H18BrF3N2O/c1-21-13-8-10(15)2-3-11(13)12(9-14(16,17)18)20-6-4-19-5-7-20/h2-3,8,12,19H,4-7,9H2,1H3/t12-/m1/s1. The van der Waals surface area contributed by atoms with Gasteiger partial charge in [-0.05, 0) is 12.1 Å². The van der Waals surface area contributed by atoms with E-state index in [9.17, 15) is 13.2 Å². The molecule has 1 atom stereocenters. The Labute approximate surface area is 130 Å². The molecule has 0 unspecified atom stereocenters. The number of benzene rings is 1. The molecule has 0 spiro atoms. The Hall–Kier alpha value is -0.790. The molecule has 0 aliphatic carbocycles. The van der Waals surface area contributed by atoms with Crippen LogP contribution in [0.5, 0.6) is 5.75 Å². The van der Waals surface area contributed by atoms with Crippen molar-refractivity contribution in [3.05, 3.63) is 28.2 Å². The molecule has 1 aromatic rings. The van der Waals surface area contributed by atoms with Crippen molar-refractivity contribution in [1.29, 1.82) is 0 Å². The van der Waals surface area contributed by atoms with Crippen molar-refractivity contribution < 1.29 is 17.9 Å². The lowest BCUT2D eigenvalue weighted by Gasteiger charge is -2.36. The average molecular weight is 367 g/mol. The van der Waals surface area contributed by atoms with Gasteiger partial charge in [0.05, 0.1) is 13.5 Å². The third-order valence-electron chi connectivity index (χ3n) is 3.57. The highest BCUT2D eigenvalue weighted by Gasteiger charge is 2.37. The van der Waals surface area contributed by atoms with E-state index >= 15 is 0 Å². The van der Waals surface area contributed by atoms with Crippen molar-refractivity contribution in [3.8, 4) is 5.75 Å². The molecule has 3 nitrogen and oxygen atoms in total. The van der Waals surface area contributed by atoms with Gasteiger partial charge in [-0.2, -0.15) is 13.2 Å². The van der Waals surface area contributed by atoms with E-state index in [4.69, 9.17) is 4.74 Å². The van der Waals surface area contributed by atoms with Crippen molar-refractivity contribution in [2.45, 2.75) is 18.6 Å². The summed E-state index contributed by atoms with van der Waals surface area (Å²) in [5.41, 5.74) is 0.583. The Balaban J connectivity index is 2.33. The molecular formula is C14H18BrF3N2O. The lowest BCUT2D eigenvalue weighted by Crippen LogP contribution is -2.46. The largest absolute Gasteiger partial charge is 0.496 e. The van der Waals surface area contributed by atoms with E-state index in [0.717, 1.165) is 4.47 Å². The topological polar surface area (TPSA) is 24.5 Å². The van der Waals surface area contributed by atoms with Crippen LogP contribution >= 0.6 is 15.9 Å². The van der Waals surface area contributed by atoms with Crippen molar-refractivity contribution in [1.82, 2.24) is 10.2 Å². The molecule has 118 valence electrons. The summed E-state index contributed by atoms with van der Waals surface area (Å²) in [4.78, 5) is 1.87. The minimum Gasteiger partial charge on any atom is -0.496 e. The van der Waals surface area contributed by atoms with Crippen molar-refractivity contribution >= 4 is 15.9 Å². The van der Waals surface area contributed by atoms with Gasteiger partial charge in [0.1, 0.15) is 5.75 Å². The van der Waals surface area contributed by atoms with Crippen LogP contribution in [0.4, 0.5) is 13.2 Å². The summed E-state index contributed by atoms with van der Waals surface area (Å²) in [5.74, 6) is 0.483. The first kappa shape index (κ1) is 16.6. The van der Waals surface area contributed by atoms with Gasteiger partial charge in [-0.1, -0.05) is 22.0 Å². The molecule has 1 fully saturated rings. The number of rotatable bonds is 4. The summed E-state index contributed by atoms with van der Waals surface area (Å²) in [6.07, 6.45) is -5.08. The van der Waals surface area contributed by atoms with E-state index < -0.39 is 18.6 Å². The van der Waals surface area contributed by atoms with Crippen molar-refractivity contribution in [3.63, 3.8) is 0 Å². The average Bonchev–Trinajstić information content (AvgIpc) is 2.45. The zero-order valence-electron chi connectivity index (χ0n) is 11.7. The minimum atomic E-state index is -4.21. The van der Waals surface area contributed by atoms with Gasteiger partial charge in [0.25, 0.3) is 0 Å². The van der Waals surface area contributed by atoms with Crippen LogP contribution in [0.3, 0.4) is 0 Å². The fourth-order valence-electron chi connectivity index (χ4n) is 2.61. The molecule has 7 heteroatoms. The maximum absolute atomic E-state index is 13.0. The molecule has 0 amide bonds. The van der Waals surface area contributed by atoms with Crippen LogP contribution in [-0.2, 0) is 0 Å². The zero-order valence-corrected chi connectivity index (χ0v) is 13.3. The minimum absolute atomic E-state index is 0.483. The van der Waals surface area contributed by atoms with Gasteiger partial charge in [0.15, 0.2) is 0 Å². The number of halogens is 4. The number of piperazine rings is 1. The van der Waals surface area contributed by atoms with Gasteiger partial charge in [0, 0.05) is 42.3 Å². The van der Waals surface area contributed by atoms with Gasteiger partial charge < -0.3 is 10.1 Å². The second kappa shape index (κ2) is 6.98. The molecule has 1 saturated heterocycles. The van der Waals surface area contributed by atoms with Crippen LogP contribution in [0.1, 0.15) is 18.0 Å². The summed E-state index contributed by atoms with van der Waals surface area (Å²) >= 11 is 3.32. The molecule has 1 aromatic carbocycles. The summed E-state index contributed by atoms with van der Waals surface area (Å²) < 4.78 is 45.0. The van der Waals surface area contributed by atoms with Gasteiger partial charge in [-0.25, -0.2) is 0 Å². The van der Waals surface area contributed by atoms with Crippen molar-refractivity contribution in [2.24, 2.45) is 0 Å². The van der Waals surface area contributed by atoms with Crippen LogP contribution in [0.2, 0.25) is 0 Å². The van der Waals surface area contributed by atoms with Gasteiger partial charge in [-0.3, -0.25) is 4.90 Å². The second-order valence-electron chi connectivity index (χ2n) is 5.01. The van der Waals surface area contributed by atoms with Gasteiger partial charge in [0.2, 0.25) is 0 Å². The summed E-state index contributed by atoms with van der Waals surface area (Å²) in [6.45, 7) is 2.60. The number of hydrogen-bond donors (Lipinski definition) is 1. The first-order valence-corrected chi connectivity index (χ1v) is 7.55. The number of ether oxygens (including phenoxy) is 1. The number of nitrogens with zero attached hydrogens (tertiary/aromatic N) is 1. The number of nitrogens with one attached hydrogen (secondary N) is 1. The SMILES string of the molecule is COc1cc(Br)ccc1[C@@H](CC(F)(F)F)N1CCNCC1. The molecular weight excluding hydrogens is 349 g/mol. The Morgan fingerprint density at radius 2 is 2.00 bits per heavy atom. The molecule has 0 radical (unpaired) electrons. The fraction of sp³-hybridized carbons (Fsp3) is 0.571. The highest BCUT2D eigenvalue weighted by atomic mass is 79.9. The highest BCUT2D eigenvalue weighted by Crippen LogP contribution is 2.38. The molecule has 21 heavy (non-hydrogen) atoms. The fourth-order valence-corrected chi connectivity index (χ4v) is 2.95. The first-order valence-electron chi connectivity index (χ1n) is 6.75. The lowest BCUT2D eigenvalue weighted by molar-refractivity contribution is -0.148. The molecule has 1 N–H and O–H groups in total. The summed E-state index contributed by atoms with van der Waals surface area (Å²) in [6, 6.07) is 4.46. The predicted octanol–water partition coefficient (Wildman–Crippen LogP) is 3.36. The van der Waals surface area contributed by atoms with E-state index in [0.29, 0.717) is 37.5 Å². The van der Waals surface area contributed by atoms with Crippen LogP contribution in [-0.4, -0.2) is 44.4 Å². The quantitative estimate of drug-likeness (QED) is 0.884. The zero-order chi connectivity index (χ0) is 15.5. The van der Waals surface area contributed by atoms with E-state index in [1.165, 1.54) is 7.11 Å². The Morgan fingerprint density at radius 3 is 2.57 bits per heavy atom. The molecule has 0 bridgehead atoms. The van der Waals surface area contributed by atoms with Crippen molar-refractivity contribution in [2.75, 3.05) is 33.3 Å². The monoisotopic (exact) mass is 366 g/mol. The Bertz CT molecular complexity index is 476. The Kier molecular flexibility index (Phi) is 5.51. The molecule has 0 saturated carbocycles. The highest BCUT2D eigenvalue weighted by molar-refractivity contribution is 9.10. The van der Waals surface area contributed by atoms with E-state index in [-0.39, 0.29) is 0 Å². The van der Waals surface area contributed by atoms with Crippen LogP contribution < -0.4 is 10.1 Å². The van der Waals surface area contributed by atoms with Crippen LogP contribution in [0.15, 0.2) is 22.7 Å². The predicted molar refractivity (Wildman–Crippen MR) is 78.5 cm³/mol. The maximum Gasteiger partial charge on any atom is 0.390 e. The maximum atomic E-state index is 13.0. The molecule has 1 aliphatic heterocycles. The molecule has 2 rings (SSSR count). The van der Waals surface area contributed by atoms with Crippen LogP contribution in [0, 0.1) is 0 Å². The van der Waals surface area contributed by atoms with Gasteiger partial charge >= 0.3 is 6.18 Å².